The molecule has 1 fully saturated rings. The lowest BCUT2D eigenvalue weighted by atomic mass is 9.97. The zero-order valence-corrected chi connectivity index (χ0v) is 16.6. The molecular weight excluding hydrogens is 394 g/mol. The maximum absolute atomic E-state index is 12.4. The van der Waals surface area contributed by atoms with Gasteiger partial charge in [0.2, 0.25) is 21.1 Å². The minimum Gasteiger partial charge on any atom is -0.300 e. The van der Waals surface area contributed by atoms with Gasteiger partial charge < -0.3 is 5.32 Å². The van der Waals surface area contributed by atoms with Crippen molar-refractivity contribution in [1.82, 2.24) is 19.5 Å². The molecule has 11 heteroatoms. The summed E-state index contributed by atoms with van der Waals surface area (Å²) in [6.07, 6.45) is 5.76. The second-order valence-electron chi connectivity index (χ2n) is 5.95. The molecule has 2 aromatic rings. The number of carbonyl (C=O) groups is 1. The molecule has 3 rings (SSSR count). The summed E-state index contributed by atoms with van der Waals surface area (Å²) in [5.74, 6) is 0.405. The second kappa shape index (κ2) is 8.42. The van der Waals surface area contributed by atoms with Crippen LogP contribution in [0.2, 0.25) is 0 Å². The van der Waals surface area contributed by atoms with Gasteiger partial charge in [0, 0.05) is 37.2 Å². The topological polar surface area (TPSA) is 105 Å². The monoisotopic (exact) mass is 413 g/mol. The first kappa shape index (κ1) is 19.2. The summed E-state index contributed by atoms with van der Waals surface area (Å²) in [5.41, 5.74) is 1.09. The fraction of sp³-hybridized carbons (Fsp3) is 0.467. The van der Waals surface area contributed by atoms with Gasteiger partial charge in [0.25, 0.3) is 0 Å². The standard InChI is InChI=1S/C15H19N5O3S3/c1-26(22,23)20-7-4-12(5-8-20)13(21)17-14-18-19-15(25-14)24-10-11-3-2-6-16-9-11/h2-3,6,9,12H,4-5,7-8,10H2,1H3,(H,17,18,21). The van der Waals surface area contributed by atoms with Crippen molar-refractivity contribution in [2.24, 2.45) is 5.92 Å². The number of pyridine rings is 1. The molecule has 1 aliphatic rings. The Kier molecular flexibility index (Phi) is 6.22. The molecular formula is C15H19N5O3S3. The van der Waals surface area contributed by atoms with E-state index in [1.54, 1.807) is 24.2 Å². The molecule has 2 aromatic heterocycles. The molecule has 0 bridgehead atoms. The Morgan fingerprint density at radius 3 is 2.81 bits per heavy atom. The van der Waals surface area contributed by atoms with E-state index in [0.29, 0.717) is 31.1 Å². The molecule has 0 spiro atoms. The average Bonchev–Trinajstić information content (AvgIpc) is 3.07. The maximum atomic E-state index is 12.4. The summed E-state index contributed by atoms with van der Waals surface area (Å²) in [5, 5.41) is 11.4. The summed E-state index contributed by atoms with van der Waals surface area (Å²) in [7, 11) is -3.19. The highest BCUT2D eigenvalue weighted by Gasteiger charge is 2.29. The number of piperidine rings is 1. The minimum atomic E-state index is -3.19. The number of sulfonamides is 1. The predicted octanol–water partition coefficient (Wildman–Crippen LogP) is 1.84. The molecule has 1 aliphatic heterocycles. The van der Waals surface area contributed by atoms with Crippen LogP contribution >= 0.6 is 23.1 Å². The summed E-state index contributed by atoms with van der Waals surface area (Å²) in [6, 6.07) is 3.88. The van der Waals surface area contributed by atoms with Gasteiger partial charge in [0.1, 0.15) is 0 Å². The number of aromatic nitrogens is 3. The summed E-state index contributed by atoms with van der Waals surface area (Å²) < 4.78 is 25.2. The third kappa shape index (κ3) is 5.22. The molecule has 0 unspecified atom stereocenters. The van der Waals surface area contributed by atoms with Gasteiger partial charge in [-0.1, -0.05) is 29.2 Å². The molecule has 3 heterocycles. The number of hydrogen-bond acceptors (Lipinski definition) is 8. The molecule has 8 nitrogen and oxygen atoms in total. The highest BCUT2D eigenvalue weighted by Crippen LogP contribution is 2.29. The van der Waals surface area contributed by atoms with E-state index in [1.807, 2.05) is 12.1 Å². The van der Waals surface area contributed by atoms with Crippen LogP contribution in [0.1, 0.15) is 18.4 Å². The molecule has 1 saturated heterocycles. The van der Waals surface area contributed by atoms with Crippen LogP contribution in [0, 0.1) is 5.92 Å². The number of nitrogens with zero attached hydrogens (tertiary/aromatic N) is 4. The van der Waals surface area contributed by atoms with Crippen molar-refractivity contribution in [2.45, 2.75) is 22.9 Å². The Balaban J connectivity index is 1.49. The largest absolute Gasteiger partial charge is 0.300 e. The van der Waals surface area contributed by atoms with Crippen LogP contribution in [0.25, 0.3) is 0 Å². The number of carbonyl (C=O) groups excluding carboxylic acids is 1. The Hall–Kier alpha value is -1.56. The van der Waals surface area contributed by atoms with Crippen molar-refractivity contribution < 1.29 is 13.2 Å². The molecule has 0 aromatic carbocycles. The van der Waals surface area contributed by atoms with Crippen LogP contribution in [-0.2, 0) is 20.6 Å². The van der Waals surface area contributed by atoms with Crippen LogP contribution in [0.5, 0.6) is 0 Å². The molecule has 0 atom stereocenters. The first-order valence-electron chi connectivity index (χ1n) is 8.03. The summed E-state index contributed by atoms with van der Waals surface area (Å²) in [6.45, 7) is 0.749. The number of amides is 1. The fourth-order valence-corrected chi connectivity index (χ4v) is 5.17. The zero-order valence-electron chi connectivity index (χ0n) is 14.2. The molecule has 140 valence electrons. The highest BCUT2D eigenvalue weighted by molar-refractivity contribution is 8.00. The van der Waals surface area contributed by atoms with Crippen LogP contribution < -0.4 is 5.32 Å². The lowest BCUT2D eigenvalue weighted by Gasteiger charge is -2.29. The average molecular weight is 414 g/mol. The highest BCUT2D eigenvalue weighted by atomic mass is 32.2. The van der Waals surface area contributed by atoms with Gasteiger partial charge in [-0.2, -0.15) is 0 Å². The fourth-order valence-electron chi connectivity index (χ4n) is 2.60. The van der Waals surface area contributed by atoms with E-state index < -0.39 is 10.0 Å². The van der Waals surface area contributed by atoms with Gasteiger partial charge in [-0.25, -0.2) is 12.7 Å². The van der Waals surface area contributed by atoms with Crippen LogP contribution in [0.15, 0.2) is 28.9 Å². The third-order valence-corrected chi connectivity index (χ3v) is 7.36. The first-order chi connectivity index (χ1) is 12.4. The maximum Gasteiger partial charge on any atom is 0.229 e. The van der Waals surface area contributed by atoms with Gasteiger partial charge in [0.15, 0.2) is 4.34 Å². The van der Waals surface area contributed by atoms with E-state index in [1.165, 1.54) is 21.9 Å². The normalized spacial score (nSPS) is 16.5. The Bertz CT molecular complexity index is 848. The smallest absolute Gasteiger partial charge is 0.229 e. The van der Waals surface area contributed by atoms with E-state index >= 15 is 0 Å². The van der Waals surface area contributed by atoms with E-state index in [2.05, 4.69) is 20.5 Å². The van der Waals surface area contributed by atoms with Crippen molar-refractivity contribution in [3.63, 3.8) is 0 Å². The second-order valence-corrected chi connectivity index (χ2v) is 10.1. The van der Waals surface area contributed by atoms with Crippen LogP contribution in [-0.4, -0.2) is 53.2 Å². The first-order valence-corrected chi connectivity index (χ1v) is 11.7. The molecule has 26 heavy (non-hydrogen) atoms. The zero-order chi connectivity index (χ0) is 18.6. The van der Waals surface area contributed by atoms with Crippen molar-refractivity contribution in [2.75, 3.05) is 24.7 Å². The molecule has 1 amide bonds. The third-order valence-electron chi connectivity index (χ3n) is 4.02. The lowest BCUT2D eigenvalue weighted by molar-refractivity contribution is -0.120. The summed E-state index contributed by atoms with van der Waals surface area (Å²) >= 11 is 2.87. The Labute approximate surface area is 160 Å². The summed E-state index contributed by atoms with van der Waals surface area (Å²) in [4.78, 5) is 16.4. The van der Waals surface area contributed by atoms with Crippen molar-refractivity contribution in [3.05, 3.63) is 30.1 Å². The number of anilines is 1. The lowest BCUT2D eigenvalue weighted by Crippen LogP contribution is -2.40. The number of nitrogens with one attached hydrogen (secondary N) is 1. The van der Waals surface area contributed by atoms with E-state index in [9.17, 15) is 13.2 Å². The van der Waals surface area contributed by atoms with Gasteiger partial charge in [-0.15, -0.1) is 10.2 Å². The molecule has 0 saturated carbocycles. The Morgan fingerprint density at radius 2 is 2.15 bits per heavy atom. The van der Waals surface area contributed by atoms with E-state index in [-0.39, 0.29) is 11.8 Å². The van der Waals surface area contributed by atoms with Crippen LogP contribution in [0.3, 0.4) is 0 Å². The van der Waals surface area contributed by atoms with E-state index in [4.69, 9.17) is 0 Å². The SMILES string of the molecule is CS(=O)(=O)N1CCC(C(=O)Nc2nnc(SCc3cccnc3)s2)CC1. The predicted molar refractivity (Wildman–Crippen MR) is 101 cm³/mol. The van der Waals surface area contributed by atoms with E-state index in [0.717, 1.165) is 15.7 Å². The molecule has 0 aliphatic carbocycles. The number of thioether (sulfide) groups is 1. The van der Waals surface area contributed by atoms with Gasteiger partial charge in [-0.3, -0.25) is 9.78 Å². The van der Waals surface area contributed by atoms with Gasteiger partial charge in [-0.05, 0) is 24.5 Å². The minimum absolute atomic E-state index is 0.127. The number of rotatable bonds is 6. The Morgan fingerprint density at radius 1 is 1.38 bits per heavy atom. The van der Waals surface area contributed by atoms with Gasteiger partial charge >= 0.3 is 0 Å². The van der Waals surface area contributed by atoms with Crippen molar-refractivity contribution in [1.29, 1.82) is 0 Å². The molecule has 0 radical (unpaired) electrons. The van der Waals surface area contributed by atoms with Crippen molar-refractivity contribution in [3.8, 4) is 0 Å². The number of hydrogen-bond donors (Lipinski definition) is 1. The van der Waals surface area contributed by atoms with Gasteiger partial charge in [0.05, 0.1) is 6.26 Å². The van der Waals surface area contributed by atoms with Crippen molar-refractivity contribution >= 4 is 44.2 Å². The van der Waals surface area contributed by atoms with Crippen LogP contribution in [0.4, 0.5) is 5.13 Å². The molecule has 1 N–H and O–H groups in total. The quantitative estimate of drug-likeness (QED) is 0.569.